The normalized spacial score (nSPS) is 19.6. The fraction of sp³-hybridized carbons (Fsp3) is 0.700. The van der Waals surface area contributed by atoms with Crippen molar-refractivity contribution < 1.29 is 9.53 Å². The summed E-state index contributed by atoms with van der Waals surface area (Å²) in [6, 6.07) is 0. The molecule has 1 N–H and O–H groups in total. The van der Waals surface area contributed by atoms with Gasteiger partial charge in [-0.25, -0.2) is 0 Å². The molecule has 0 radical (unpaired) electrons. The molecule has 0 unspecified atom stereocenters. The Bertz CT molecular complexity index is 705. The second-order valence-corrected chi connectivity index (χ2v) is 8.46. The Labute approximate surface area is 169 Å². The zero-order valence-electron chi connectivity index (χ0n) is 16.1. The van der Waals surface area contributed by atoms with Crippen molar-refractivity contribution in [1.29, 1.82) is 0 Å². The lowest BCUT2D eigenvalue weighted by molar-refractivity contribution is -0.120. The molecule has 2 heterocycles. The summed E-state index contributed by atoms with van der Waals surface area (Å²) >= 11 is 3.55. The van der Waals surface area contributed by atoms with Gasteiger partial charge >= 0.3 is 0 Å². The van der Waals surface area contributed by atoms with Crippen molar-refractivity contribution in [2.75, 3.05) is 38.2 Å². The number of ether oxygens (including phenoxy) is 1. The fourth-order valence-electron chi connectivity index (χ4n) is 3.87. The average molecular weight is 440 g/mol. The van der Waals surface area contributed by atoms with Crippen LogP contribution in [0.4, 0.5) is 5.69 Å². The van der Waals surface area contributed by atoms with Gasteiger partial charge in [0.1, 0.15) is 5.69 Å². The van der Waals surface area contributed by atoms with Gasteiger partial charge in [-0.05, 0) is 41.3 Å². The Hall–Kier alpha value is -1.18. The molecule has 27 heavy (non-hydrogen) atoms. The molecule has 0 atom stereocenters. The summed E-state index contributed by atoms with van der Waals surface area (Å²) in [4.78, 5) is 28.0. The number of anilines is 1. The fourth-order valence-corrected chi connectivity index (χ4v) is 4.32. The van der Waals surface area contributed by atoms with Gasteiger partial charge in [0, 0.05) is 42.8 Å². The number of nitrogens with zero attached hydrogens (tertiary/aromatic N) is 2. The molecule has 1 aromatic rings. The quantitative estimate of drug-likeness (QED) is 0.715. The maximum absolute atomic E-state index is 13.0. The molecule has 0 aromatic carbocycles. The molecule has 0 bridgehead atoms. The van der Waals surface area contributed by atoms with Crippen LogP contribution in [-0.4, -0.2) is 48.2 Å². The summed E-state index contributed by atoms with van der Waals surface area (Å²) in [5, 5.41) is 2.96. The van der Waals surface area contributed by atoms with Gasteiger partial charge in [-0.15, -0.1) is 0 Å². The minimum absolute atomic E-state index is 0.00470. The molecular weight excluding hydrogens is 410 g/mol. The van der Waals surface area contributed by atoms with E-state index in [2.05, 4.69) is 26.1 Å². The maximum Gasteiger partial charge on any atom is 0.274 e. The van der Waals surface area contributed by atoms with Gasteiger partial charge < -0.3 is 14.6 Å². The number of carbonyl (C=O) groups is 1. The highest BCUT2D eigenvalue weighted by molar-refractivity contribution is 9.10. The molecule has 1 aromatic heterocycles. The Morgan fingerprint density at radius 2 is 1.85 bits per heavy atom. The van der Waals surface area contributed by atoms with Crippen LogP contribution in [0, 0.1) is 12.8 Å². The minimum Gasteiger partial charge on any atom is -0.379 e. The number of carbonyl (C=O) groups excluding carboxylic acids is 1. The summed E-state index contributed by atoms with van der Waals surface area (Å²) < 4.78 is 7.93. The van der Waals surface area contributed by atoms with Crippen LogP contribution in [0.1, 0.15) is 44.1 Å². The SMILES string of the molecule is Cc1c(Br)cn(CCN2CCOCC2)c(=O)c1NC(=O)C1CCCCCC1. The van der Waals surface area contributed by atoms with E-state index in [1.54, 1.807) is 4.57 Å². The second-order valence-electron chi connectivity index (χ2n) is 7.61. The third kappa shape index (κ3) is 5.42. The number of rotatable bonds is 5. The topological polar surface area (TPSA) is 63.6 Å². The number of nitrogens with one attached hydrogen (secondary N) is 1. The van der Waals surface area contributed by atoms with Gasteiger partial charge in [-0.2, -0.15) is 0 Å². The van der Waals surface area contributed by atoms with E-state index in [4.69, 9.17) is 4.74 Å². The smallest absolute Gasteiger partial charge is 0.274 e. The van der Waals surface area contributed by atoms with Crippen LogP contribution in [0.25, 0.3) is 0 Å². The highest BCUT2D eigenvalue weighted by Crippen LogP contribution is 2.26. The first kappa shape index (κ1) is 20.6. The summed E-state index contributed by atoms with van der Waals surface area (Å²) in [6.07, 6.45) is 8.27. The van der Waals surface area contributed by atoms with Gasteiger partial charge in [-0.1, -0.05) is 25.7 Å². The van der Waals surface area contributed by atoms with E-state index in [-0.39, 0.29) is 17.4 Å². The van der Waals surface area contributed by atoms with E-state index < -0.39 is 0 Å². The largest absolute Gasteiger partial charge is 0.379 e. The summed E-state index contributed by atoms with van der Waals surface area (Å²) in [7, 11) is 0. The number of hydrogen-bond acceptors (Lipinski definition) is 4. The van der Waals surface area contributed by atoms with Crippen molar-refractivity contribution in [2.24, 2.45) is 5.92 Å². The highest BCUT2D eigenvalue weighted by Gasteiger charge is 2.22. The van der Waals surface area contributed by atoms with Crippen LogP contribution >= 0.6 is 15.9 Å². The lowest BCUT2D eigenvalue weighted by Gasteiger charge is -2.27. The van der Waals surface area contributed by atoms with E-state index >= 15 is 0 Å². The first-order valence-corrected chi connectivity index (χ1v) is 10.9. The first-order valence-electron chi connectivity index (χ1n) is 10.1. The van der Waals surface area contributed by atoms with Gasteiger partial charge in [0.2, 0.25) is 5.91 Å². The molecule has 1 amide bonds. The summed E-state index contributed by atoms with van der Waals surface area (Å²) in [5.74, 6) is 0.0158. The van der Waals surface area contributed by atoms with Crippen LogP contribution in [0.3, 0.4) is 0 Å². The highest BCUT2D eigenvalue weighted by atomic mass is 79.9. The predicted octanol–water partition coefficient (Wildman–Crippen LogP) is 3.16. The number of aromatic nitrogens is 1. The third-order valence-electron chi connectivity index (χ3n) is 5.71. The van der Waals surface area contributed by atoms with Gasteiger partial charge in [0.15, 0.2) is 0 Å². The zero-order valence-corrected chi connectivity index (χ0v) is 17.7. The molecule has 1 aliphatic heterocycles. The second kappa shape index (κ2) is 9.85. The van der Waals surface area contributed by atoms with Gasteiger partial charge in [-0.3, -0.25) is 14.5 Å². The standard InChI is InChI=1S/C20H30BrN3O3/c1-15-17(21)14-24(9-8-23-10-12-27-13-11-23)20(26)18(15)22-19(25)16-6-4-2-3-5-7-16/h14,16H,2-13H2,1H3,(H,22,25). The Morgan fingerprint density at radius 1 is 1.19 bits per heavy atom. The molecule has 6 nitrogen and oxygen atoms in total. The van der Waals surface area contributed by atoms with Crippen molar-refractivity contribution in [1.82, 2.24) is 9.47 Å². The maximum atomic E-state index is 13.0. The Morgan fingerprint density at radius 3 is 2.52 bits per heavy atom. The summed E-state index contributed by atoms with van der Waals surface area (Å²) in [5.41, 5.74) is 1.09. The molecule has 1 aliphatic carbocycles. The molecular formula is C20H30BrN3O3. The van der Waals surface area contributed by atoms with Gasteiger partial charge in [0.25, 0.3) is 5.56 Å². The van der Waals surface area contributed by atoms with Crippen LogP contribution < -0.4 is 10.9 Å². The zero-order chi connectivity index (χ0) is 19.2. The molecule has 150 valence electrons. The Kier molecular flexibility index (Phi) is 7.49. The summed E-state index contributed by atoms with van der Waals surface area (Å²) in [6.45, 7) is 6.56. The van der Waals surface area contributed by atoms with Crippen molar-refractivity contribution in [3.8, 4) is 0 Å². The van der Waals surface area contributed by atoms with E-state index in [1.165, 1.54) is 12.8 Å². The van der Waals surface area contributed by atoms with E-state index in [1.807, 2.05) is 13.1 Å². The lowest BCUT2D eigenvalue weighted by atomic mass is 9.99. The molecule has 7 heteroatoms. The van der Waals surface area contributed by atoms with Crippen LogP contribution in [0.15, 0.2) is 15.5 Å². The number of pyridine rings is 1. The van der Waals surface area contributed by atoms with E-state index in [9.17, 15) is 9.59 Å². The molecule has 1 saturated heterocycles. The van der Waals surface area contributed by atoms with Crippen LogP contribution in [0.5, 0.6) is 0 Å². The monoisotopic (exact) mass is 439 g/mol. The lowest BCUT2D eigenvalue weighted by Crippen LogP contribution is -2.39. The predicted molar refractivity (Wildman–Crippen MR) is 110 cm³/mol. The number of halogens is 1. The van der Waals surface area contributed by atoms with Crippen molar-refractivity contribution in [3.63, 3.8) is 0 Å². The van der Waals surface area contributed by atoms with Crippen molar-refractivity contribution in [3.05, 3.63) is 26.6 Å². The molecule has 0 spiro atoms. The van der Waals surface area contributed by atoms with Crippen molar-refractivity contribution in [2.45, 2.75) is 52.0 Å². The van der Waals surface area contributed by atoms with E-state index in [0.717, 1.165) is 68.6 Å². The Balaban J connectivity index is 1.72. The first-order chi connectivity index (χ1) is 13.1. The molecule has 1 saturated carbocycles. The van der Waals surface area contributed by atoms with Crippen LogP contribution in [-0.2, 0) is 16.1 Å². The molecule has 2 fully saturated rings. The van der Waals surface area contributed by atoms with Crippen LogP contribution in [0.2, 0.25) is 0 Å². The van der Waals surface area contributed by atoms with Crippen molar-refractivity contribution >= 4 is 27.5 Å². The number of morpholine rings is 1. The minimum atomic E-state index is -0.120. The number of hydrogen-bond donors (Lipinski definition) is 1. The van der Waals surface area contributed by atoms with E-state index in [0.29, 0.717) is 12.2 Å². The molecule has 3 rings (SSSR count). The average Bonchev–Trinajstić information content (AvgIpc) is 2.97. The van der Waals surface area contributed by atoms with Gasteiger partial charge in [0.05, 0.1) is 13.2 Å². The number of amides is 1. The third-order valence-corrected chi connectivity index (χ3v) is 6.51. The molecule has 2 aliphatic rings.